The number of nitrogens with one attached hydrogen (secondary N) is 2. The molecule has 1 aromatic carbocycles. The molecule has 0 amide bonds. The summed E-state index contributed by atoms with van der Waals surface area (Å²) in [6.07, 6.45) is 6.63. The van der Waals surface area contributed by atoms with E-state index in [0.717, 1.165) is 25.3 Å². The SMILES string of the molecule is CN=C(NCC(C)c1cccc(C)c1)NC1CC=CC1. The largest absolute Gasteiger partial charge is 0.356 e. The van der Waals surface area contributed by atoms with Crippen molar-refractivity contribution in [2.24, 2.45) is 4.99 Å². The van der Waals surface area contributed by atoms with Crippen LogP contribution in [0.15, 0.2) is 41.4 Å². The Bertz CT molecular complexity index is 483. The third-order valence-corrected chi connectivity index (χ3v) is 3.76. The van der Waals surface area contributed by atoms with Crippen LogP contribution in [0.2, 0.25) is 0 Å². The van der Waals surface area contributed by atoms with Gasteiger partial charge in [-0.2, -0.15) is 0 Å². The molecular formula is C17H25N3. The van der Waals surface area contributed by atoms with E-state index in [0.29, 0.717) is 12.0 Å². The molecule has 0 bridgehead atoms. The molecule has 3 heteroatoms. The van der Waals surface area contributed by atoms with Crippen molar-refractivity contribution in [2.75, 3.05) is 13.6 Å². The summed E-state index contributed by atoms with van der Waals surface area (Å²) in [5.41, 5.74) is 2.68. The van der Waals surface area contributed by atoms with Crippen molar-refractivity contribution >= 4 is 5.96 Å². The number of aliphatic imine (C=N–C) groups is 1. The molecule has 2 rings (SSSR count). The molecule has 1 atom stereocenters. The predicted octanol–water partition coefficient (Wildman–Crippen LogP) is 2.98. The number of benzene rings is 1. The molecule has 0 radical (unpaired) electrons. The van der Waals surface area contributed by atoms with Gasteiger partial charge in [0.05, 0.1) is 0 Å². The molecule has 2 N–H and O–H groups in total. The van der Waals surface area contributed by atoms with Crippen LogP contribution < -0.4 is 10.6 Å². The first kappa shape index (κ1) is 14.6. The standard InChI is InChI=1S/C17H25N3/c1-13-7-6-8-15(11-13)14(2)12-19-17(18-3)20-16-9-4-5-10-16/h4-8,11,14,16H,9-10,12H2,1-3H3,(H2,18,19,20). The van der Waals surface area contributed by atoms with E-state index in [-0.39, 0.29) is 0 Å². The first-order valence-corrected chi connectivity index (χ1v) is 7.38. The van der Waals surface area contributed by atoms with Crippen LogP contribution in [0.1, 0.15) is 36.8 Å². The number of aryl methyl sites for hydroxylation is 1. The molecule has 1 aromatic rings. The van der Waals surface area contributed by atoms with E-state index in [1.165, 1.54) is 11.1 Å². The van der Waals surface area contributed by atoms with Crippen LogP contribution in [-0.4, -0.2) is 25.6 Å². The predicted molar refractivity (Wildman–Crippen MR) is 86.3 cm³/mol. The van der Waals surface area contributed by atoms with Crippen molar-refractivity contribution in [1.29, 1.82) is 0 Å². The molecule has 1 unspecified atom stereocenters. The van der Waals surface area contributed by atoms with Gasteiger partial charge in [0, 0.05) is 19.6 Å². The maximum Gasteiger partial charge on any atom is 0.191 e. The number of nitrogens with zero attached hydrogens (tertiary/aromatic N) is 1. The molecule has 0 fully saturated rings. The van der Waals surface area contributed by atoms with Crippen LogP contribution in [0, 0.1) is 6.92 Å². The average Bonchev–Trinajstić information content (AvgIpc) is 2.96. The molecule has 0 saturated heterocycles. The Morgan fingerprint density at radius 2 is 2.10 bits per heavy atom. The fraction of sp³-hybridized carbons (Fsp3) is 0.471. The molecule has 0 spiro atoms. The van der Waals surface area contributed by atoms with Gasteiger partial charge in [-0.1, -0.05) is 48.9 Å². The first-order chi connectivity index (χ1) is 9.69. The number of rotatable bonds is 4. The lowest BCUT2D eigenvalue weighted by Crippen LogP contribution is -2.43. The highest BCUT2D eigenvalue weighted by molar-refractivity contribution is 5.80. The number of hydrogen-bond donors (Lipinski definition) is 2. The Hall–Kier alpha value is -1.77. The Morgan fingerprint density at radius 1 is 1.35 bits per heavy atom. The molecule has 0 aromatic heterocycles. The zero-order chi connectivity index (χ0) is 14.4. The molecule has 0 heterocycles. The third-order valence-electron chi connectivity index (χ3n) is 3.76. The van der Waals surface area contributed by atoms with Crippen molar-refractivity contribution in [2.45, 2.75) is 38.6 Å². The second kappa shape index (κ2) is 7.13. The fourth-order valence-corrected chi connectivity index (χ4v) is 2.47. The van der Waals surface area contributed by atoms with E-state index in [9.17, 15) is 0 Å². The summed E-state index contributed by atoms with van der Waals surface area (Å²) in [7, 11) is 1.83. The Kier molecular flexibility index (Phi) is 5.22. The molecule has 20 heavy (non-hydrogen) atoms. The minimum atomic E-state index is 0.468. The van der Waals surface area contributed by atoms with Crippen LogP contribution in [0.5, 0.6) is 0 Å². The summed E-state index contributed by atoms with van der Waals surface area (Å²) in [4.78, 5) is 4.30. The van der Waals surface area contributed by atoms with E-state index in [2.05, 4.69) is 65.9 Å². The quantitative estimate of drug-likeness (QED) is 0.502. The lowest BCUT2D eigenvalue weighted by atomic mass is 9.99. The van der Waals surface area contributed by atoms with Gasteiger partial charge >= 0.3 is 0 Å². The van der Waals surface area contributed by atoms with Gasteiger partial charge in [-0.15, -0.1) is 0 Å². The molecule has 1 aliphatic carbocycles. The average molecular weight is 271 g/mol. The third kappa shape index (κ3) is 4.12. The van der Waals surface area contributed by atoms with Crippen LogP contribution in [0.4, 0.5) is 0 Å². The van der Waals surface area contributed by atoms with Crippen molar-refractivity contribution in [1.82, 2.24) is 10.6 Å². The van der Waals surface area contributed by atoms with E-state index >= 15 is 0 Å². The Labute approximate surface area is 122 Å². The van der Waals surface area contributed by atoms with E-state index < -0.39 is 0 Å². The maximum absolute atomic E-state index is 4.30. The van der Waals surface area contributed by atoms with E-state index in [1.807, 2.05) is 7.05 Å². The highest BCUT2D eigenvalue weighted by Gasteiger charge is 2.12. The first-order valence-electron chi connectivity index (χ1n) is 7.38. The minimum Gasteiger partial charge on any atom is -0.356 e. The Morgan fingerprint density at radius 3 is 2.75 bits per heavy atom. The monoisotopic (exact) mass is 271 g/mol. The van der Waals surface area contributed by atoms with Gasteiger partial charge < -0.3 is 10.6 Å². The van der Waals surface area contributed by atoms with E-state index in [1.54, 1.807) is 0 Å². The van der Waals surface area contributed by atoms with Gasteiger partial charge in [0.2, 0.25) is 0 Å². The van der Waals surface area contributed by atoms with Crippen molar-refractivity contribution < 1.29 is 0 Å². The number of hydrogen-bond acceptors (Lipinski definition) is 1. The zero-order valence-electron chi connectivity index (χ0n) is 12.7. The van der Waals surface area contributed by atoms with Crippen LogP contribution >= 0.6 is 0 Å². The molecular weight excluding hydrogens is 246 g/mol. The molecule has 108 valence electrons. The van der Waals surface area contributed by atoms with E-state index in [4.69, 9.17) is 0 Å². The van der Waals surface area contributed by atoms with Gasteiger partial charge in [-0.3, -0.25) is 4.99 Å². The summed E-state index contributed by atoms with van der Waals surface area (Å²) in [5.74, 6) is 1.37. The smallest absolute Gasteiger partial charge is 0.191 e. The highest BCUT2D eigenvalue weighted by atomic mass is 15.2. The maximum atomic E-state index is 4.30. The topological polar surface area (TPSA) is 36.4 Å². The lowest BCUT2D eigenvalue weighted by Gasteiger charge is -2.19. The second-order valence-electron chi connectivity index (χ2n) is 5.55. The molecule has 0 aliphatic heterocycles. The van der Waals surface area contributed by atoms with Crippen LogP contribution in [-0.2, 0) is 0 Å². The summed E-state index contributed by atoms with van der Waals surface area (Å²) in [6.45, 7) is 5.27. The normalized spacial score (nSPS) is 17.2. The van der Waals surface area contributed by atoms with Crippen LogP contribution in [0.3, 0.4) is 0 Å². The van der Waals surface area contributed by atoms with Crippen molar-refractivity contribution in [3.05, 3.63) is 47.5 Å². The zero-order valence-corrected chi connectivity index (χ0v) is 12.7. The van der Waals surface area contributed by atoms with Gasteiger partial charge in [0.15, 0.2) is 5.96 Å². The van der Waals surface area contributed by atoms with Gasteiger partial charge in [-0.25, -0.2) is 0 Å². The summed E-state index contributed by atoms with van der Waals surface area (Å²) in [5, 5.41) is 6.89. The number of guanidine groups is 1. The summed E-state index contributed by atoms with van der Waals surface area (Å²) >= 11 is 0. The summed E-state index contributed by atoms with van der Waals surface area (Å²) < 4.78 is 0. The minimum absolute atomic E-state index is 0.468. The fourth-order valence-electron chi connectivity index (χ4n) is 2.47. The van der Waals surface area contributed by atoms with Gasteiger partial charge in [-0.05, 0) is 31.2 Å². The van der Waals surface area contributed by atoms with Crippen LogP contribution in [0.25, 0.3) is 0 Å². The second-order valence-corrected chi connectivity index (χ2v) is 5.55. The van der Waals surface area contributed by atoms with Gasteiger partial charge in [0.1, 0.15) is 0 Å². The van der Waals surface area contributed by atoms with Crippen molar-refractivity contribution in [3.63, 3.8) is 0 Å². The molecule has 0 saturated carbocycles. The lowest BCUT2D eigenvalue weighted by molar-refractivity contribution is 0.621. The summed E-state index contributed by atoms with van der Waals surface area (Å²) in [6, 6.07) is 9.20. The van der Waals surface area contributed by atoms with Gasteiger partial charge in [0.25, 0.3) is 0 Å². The highest BCUT2D eigenvalue weighted by Crippen LogP contribution is 2.15. The molecule has 3 nitrogen and oxygen atoms in total. The van der Waals surface area contributed by atoms with Crippen molar-refractivity contribution in [3.8, 4) is 0 Å². The Balaban J connectivity index is 1.83. The molecule has 1 aliphatic rings.